The van der Waals surface area contributed by atoms with Crippen LogP contribution in [0.15, 0.2) is 42.6 Å². The molecule has 2 heterocycles. The quantitative estimate of drug-likeness (QED) is 0.720. The third-order valence-corrected chi connectivity index (χ3v) is 3.18. The van der Waals surface area contributed by atoms with Gasteiger partial charge in [-0.2, -0.15) is 5.26 Å². The molecule has 0 saturated carbocycles. The summed E-state index contributed by atoms with van der Waals surface area (Å²) in [5, 5.41) is 9.17. The van der Waals surface area contributed by atoms with Crippen molar-refractivity contribution >= 4 is 11.5 Å². The zero-order valence-corrected chi connectivity index (χ0v) is 10.5. The fourth-order valence-corrected chi connectivity index (χ4v) is 2.21. The second-order valence-electron chi connectivity index (χ2n) is 4.39. The van der Waals surface area contributed by atoms with Crippen LogP contribution in [0.4, 0.5) is 5.82 Å². The standard InChI is InChI=1S/C15H12N4/c1-10-5-4-8-19-14(17)13(18-15(10)19)12-7-3-2-6-11(12)9-16/h2-8H,17H2,1H3. The van der Waals surface area contributed by atoms with Crippen molar-refractivity contribution in [2.75, 3.05) is 5.73 Å². The van der Waals surface area contributed by atoms with Crippen LogP contribution in [0.5, 0.6) is 0 Å². The molecule has 0 aliphatic heterocycles. The van der Waals surface area contributed by atoms with E-state index in [9.17, 15) is 5.26 Å². The Labute approximate surface area is 110 Å². The molecule has 3 aromatic rings. The van der Waals surface area contributed by atoms with Crippen LogP contribution in [0.1, 0.15) is 11.1 Å². The Bertz CT molecular complexity index is 809. The van der Waals surface area contributed by atoms with Crippen LogP contribution in [0.2, 0.25) is 0 Å². The first-order valence-electron chi connectivity index (χ1n) is 5.95. The smallest absolute Gasteiger partial charge is 0.142 e. The molecule has 0 atom stereocenters. The lowest BCUT2D eigenvalue weighted by molar-refractivity contribution is 1.17. The molecule has 1 aromatic carbocycles. The molecule has 0 aliphatic carbocycles. The SMILES string of the molecule is Cc1cccn2c(N)c(-c3ccccc3C#N)nc12. The molecule has 92 valence electrons. The lowest BCUT2D eigenvalue weighted by Crippen LogP contribution is -1.95. The fraction of sp³-hybridized carbons (Fsp3) is 0.0667. The van der Waals surface area contributed by atoms with E-state index in [-0.39, 0.29) is 0 Å². The average Bonchev–Trinajstić information content (AvgIpc) is 2.78. The van der Waals surface area contributed by atoms with Gasteiger partial charge in [0.05, 0.1) is 11.6 Å². The summed E-state index contributed by atoms with van der Waals surface area (Å²) >= 11 is 0. The minimum Gasteiger partial charge on any atom is -0.383 e. The molecule has 0 bridgehead atoms. The summed E-state index contributed by atoms with van der Waals surface area (Å²) in [4.78, 5) is 4.58. The number of aryl methyl sites for hydroxylation is 1. The zero-order chi connectivity index (χ0) is 13.4. The van der Waals surface area contributed by atoms with E-state index in [0.717, 1.165) is 16.8 Å². The third-order valence-electron chi connectivity index (χ3n) is 3.18. The minimum absolute atomic E-state index is 0.557. The monoisotopic (exact) mass is 248 g/mol. The Morgan fingerprint density at radius 3 is 2.74 bits per heavy atom. The van der Waals surface area contributed by atoms with Gasteiger partial charge in [0.2, 0.25) is 0 Å². The van der Waals surface area contributed by atoms with E-state index < -0.39 is 0 Å². The van der Waals surface area contributed by atoms with Crippen LogP contribution in [-0.4, -0.2) is 9.38 Å². The van der Waals surface area contributed by atoms with Crippen LogP contribution >= 0.6 is 0 Å². The maximum Gasteiger partial charge on any atom is 0.142 e. The normalized spacial score (nSPS) is 10.5. The highest BCUT2D eigenvalue weighted by Gasteiger charge is 2.14. The first-order chi connectivity index (χ1) is 9.22. The van der Waals surface area contributed by atoms with Crippen molar-refractivity contribution in [2.24, 2.45) is 0 Å². The predicted molar refractivity (Wildman–Crippen MR) is 74.5 cm³/mol. The number of nitrogens with two attached hydrogens (primary N) is 1. The van der Waals surface area contributed by atoms with Crippen molar-refractivity contribution in [1.29, 1.82) is 5.26 Å². The van der Waals surface area contributed by atoms with E-state index in [4.69, 9.17) is 5.73 Å². The number of rotatable bonds is 1. The number of benzene rings is 1. The number of nitrogen functional groups attached to an aromatic ring is 1. The number of aromatic nitrogens is 2. The molecular formula is C15H12N4. The Morgan fingerprint density at radius 1 is 1.21 bits per heavy atom. The second kappa shape index (κ2) is 4.14. The highest BCUT2D eigenvalue weighted by molar-refractivity contribution is 5.79. The first kappa shape index (κ1) is 11.3. The third kappa shape index (κ3) is 1.64. The molecule has 4 heteroatoms. The summed E-state index contributed by atoms with van der Waals surface area (Å²) in [5.74, 6) is 0.557. The lowest BCUT2D eigenvalue weighted by Gasteiger charge is -2.01. The number of nitrogens with zero attached hydrogens (tertiary/aromatic N) is 3. The molecule has 4 nitrogen and oxygen atoms in total. The number of hydrogen-bond acceptors (Lipinski definition) is 3. The molecule has 0 aliphatic rings. The van der Waals surface area contributed by atoms with Crippen LogP contribution in [0.25, 0.3) is 16.9 Å². The van der Waals surface area contributed by atoms with Gasteiger partial charge in [0, 0.05) is 11.8 Å². The maximum absolute atomic E-state index is 9.17. The lowest BCUT2D eigenvalue weighted by atomic mass is 10.1. The molecule has 2 aromatic heterocycles. The highest BCUT2D eigenvalue weighted by Crippen LogP contribution is 2.29. The zero-order valence-electron chi connectivity index (χ0n) is 10.5. The Morgan fingerprint density at radius 2 is 2.00 bits per heavy atom. The maximum atomic E-state index is 9.17. The van der Waals surface area contributed by atoms with Gasteiger partial charge < -0.3 is 5.73 Å². The predicted octanol–water partition coefficient (Wildman–Crippen LogP) is 2.76. The van der Waals surface area contributed by atoms with Crippen molar-refractivity contribution in [1.82, 2.24) is 9.38 Å². The molecule has 19 heavy (non-hydrogen) atoms. The van der Waals surface area contributed by atoms with Crippen molar-refractivity contribution < 1.29 is 0 Å². The molecule has 0 amide bonds. The summed E-state index contributed by atoms with van der Waals surface area (Å²) < 4.78 is 1.85. The number of fused-ring (bicyclic) bond motifs is 1. The van der Waals surface area contributed by atoms with Gasteiger partial charge in [0.25, 0.3) is 0 Å². The minimum atomic E-state index is 0.557. The number of anilines is 1. The van der Waals surface area contributed by atoms with E-state index in [0.29, 0.717) is 17.1 Å². The Balaban J connectivity index is 2.35. The second-order valence-corrected chi connectivity index (χ2v) is 4.39. The van der Waals surface area contributed by atoms with Crippen molar-refractivity contribution in [3.05, 3.63) is 53.7 Å². The number of imidazole rings is 1. The van der Waals surface area contributed by atoms with Crippen LogP contribution in [0, 0.1) is 18.3 Å². The van der Waals surface area contributed by atoms with Gasteiger partial charge in [-0.25, -0.2) is 4.98 Å². The van der Waals surface area contributed by atoms with Gasteiger partial charge >= 0.3 is 0 Å². The van der Waals surface area contributed by atoms with Gasteiger partial charge in [-0.1, -0.05) is 24.3 Å². The molecule has 0 radical (unpaired) electrons. The summed E-state index contributed by atoms with van der Waals surface area (Å²) in [6.45, 7) is 1.99. The largest absolute Gasteiger partial charge is 0.383 e. The van der Waals surface area contributed by atoms with E-state index in [1.54, 1.807) is 6.07 Å². The van der Waals surface area contributed by atoms with E-state index >= 15 is 0 Å². The topological polar surface area (TPSA) is 67.1 Å². The number of pyridine rings is 1. The van der Waals surface area contributed by atoms with Crippen molar-refractivity contribution in [2.45, 2.75) is 6.92 Å². The van der Waals surface area contributed by atoms with E-state index in [1.807, 2.05) is 47.9 Å². The van der Waals surface area contributed by atoms with Gasteiger partial charge in [-0.05, 0) is 24.6 Å². The molecule has 0 fully saturated rings. The Hall–Kier alpha value is -2.80. The van der Waals surface area contributed by atoms with Crippen molar-refractivity contribution in [3.63, 3.8) is 0 Å². The summed E-state index contributed by atoms with van der Waals surface area (Å²) in [6.07, 6.45) is 1.88. The van der Waals surface area contributed by atoms with Crippen molar-refractivity contribution in [3.8, 4) is 17.3 Å². The Kier molecular flexibility index (Phi) is 2.46. The van der Waals surface area contributed by atoms with Crippen LogP contribution in [-0.2, 0) is 0 Å². The van der Waals surface area contributed by atoms with Gasteiger partial charge in [0.1, 0.15) is 17.2 Å². The van der Waals surface area contributed by atoms with Crippen LogP contribution in [0.3, 0.4) is 0 Å². The molecule has 2 N–H and O–H groups in total. The molecule has 0 unspecified atom stereocenters. The fourth-order valence-electron chi connectivity index (χ4n) is 2.21. The highest BCUT2D eigenvalue weighted by atomic mass is 15.1. The van der Waals surface area contributed by atoms with Gasteiger partial charge in [0.15, 0.2) is 0 Å². The van der Waals surface area contributed by atoms with E-state index in [1.165, 1.54) is 0 Å². The summed E-state index contributed by atoms with van der Waals surface area (Å²) in [5.41, 5.74) is 10.0. The molecule has 3 rings (SSSR count). The molecule has 0 spiro atoms. The summed E-state index contributed by atoms with van der Waals surface area (Å²) in [7, 11) is 0. The number of hydrogen-bond donors (Lipinski definition) is 1. The number of nitriles is 1. The van der Waals surface area contributed by atoms with Gasteiger partial charge in [-0.15, -0.1) is 0 Å². The molecule has 0 saturated heterocycles. The molecular weight excluding hydrogens is 236 g/mol. The van der Waals surface area contributed by atoms with E-state index in [2.05, 4.69) is 11.1 Å². The average molecular weight is 248 g/mol. The summed E-state index contributed by atoms with van der Waals surface area (Å²) in [6, 6.07) is 13.4. The first-order valence-corrected chi connectivity index (χ1v) is 5.95. The van der Waals surface area contributed by atoms with Crippen LogP contribution < -0.4 is 5.73 Å². The van der Waals surface area contributed by atoms with Gasteiger partial charge in [-0.3, -0.25) is 4.40 Å².